The lowest BCUT2D eigenvalue weighted by Crippen LogP contribution is -2.08. The van der Waals surface area contributed by atoms with E-state index in [0.29, 0.717) is 0 Å². The van der Waals surface area contributed by atoms with E-state index in [1.54, 1.807) is 0 Å². The summed E-state index contributed by atoms with van der Waals surface area (Å²) in [5, 5.41) is 0. The number of hydrogen-bond acceptors (Lipinski definition) is 2. The first kappa shape index (κ1) is 7.25. The van der Waals surface area contributed by atoms with Gasteiger partial charge in [0, 0.05) is 23.3 Å². The topological polar surface area (TPSA) is 19.0 Å². The van der Waals surface area contributed by atoms with Crippen molar-refractivity contribution in [2.75, 3.05) is 13.6 Å². The van der Waals surface area contributed by atoms with Gasteiger partial charge >= 0.3 is 0 Å². The number of aryl methyl sites for hydroxylation is 1. The fourth-order valence-corrected chi connectivity index (χ4v) is 2.32. The number of aromatic nitrogens is 1. The van der Waals surface area contributed by atoms with Gasteiger partial charge in [-0.3, -0.25) is 0 Å². The summed E-state index contributed by atoms with van der Waals surface area (Å²) in [6, 6.07) is 2.15. The van der Waals surface area contributed by atoms with Gasteiger partial charge in [-0.2, -0.15) is 0 Å². The summed E-state index contributed by atoms with van der Waals surface area (Å²) in [5.74, 6) is 0. The SMILES string of the molecule is CN1CCCc2[nH]ccc2S1. The molecule has 1 aliphatic rings. The van der Waals surface area contributed by atoms with Crippen LogP contribution in [0.15, 0.2) is 17.2 Å². The first-order chi connectivity index (χ1) is 5.36. The summed E-state index contributed by atoms with van der Waals surface area (Å²) in [6.45, 7) is 1.19. The molecule has 2 heterocycles. The minimum atomic E-state index is 1.19. The Morgan fingerprint density at radius 1 is 1.64 bits per heavy atom. The minimum absolute atomic E-state index is 1.19. The fraction of sp³-hybridized carbons (Fsp3) is 0.500. The van der Waals surface area contributed by atoms with Gasteiger partial charge in [-0.15, -0.1) is 0 Å². The van der Waals surface area contributed by atoms with Crippen molar-refractivity contribution in [2.24, 2.45) is 0 Å². The number of fused-ring (bicyclic) bond motifs is 1. The van der Waals surface area contributed by atoms with Crippen molar-refractivity contribution in [3.8, 4) is 0 Å². The Labute approximate surface area is 71.1 Å². The van der Waals surface area contributed by atoms with Gasteiger partial charge in [0.1, 0.15) is 0 Å². The Morgan fingerprint density at radius 3 is 3.45 bits per heavy atom. The van der Waals surface area contributed by atoms with E-state index >= 15 is 0 Å². The van der Waals surface area contributed by atoms with Gasteiger partial charge in [0.25, 0.3) is 0 Å². The fourth-order valence-electron chi connectivity index (χ4n) is 1.36. The Bertz CT molecular complexity index is 244. The first-order valence-electron chi connectivity index (χ1n) is 3.91. The molecule has 0 bridgehead atoms. The molecule has 60 valence electrons. The molecule has 0 spiro atoms. The summed E-state index contributed by atoms with van der Waals surface area (Å²) < 4.78 is 2.29. The van der Waals surface area contributed by atoms with Gasteiger partial charge in [0.15, 0.2) is 0 Å². The predicted octanol–water partition coefficient (Wildman–Crippen LogP) is 1.90. The van der Waals surface area contributed by atoms with Gasteiger partial charge in [-0.05, 0) is 37.9 Å². The molecule has 1 aromatic heterocycles. The molecule has 1 aliphatic heterocycles. The van der Waals surface area contributed by atoms with E-state index in [0.717, 1.165) is 0 Å². The number of aromatic amines is 1. The van der Waals surface area contributed by atoms with E-state index in [4.69, 9.17) is 0 Å². The van der Waals surface area contributed by atoms with Gasteiger partial charge < -0.3 is 4.98 Å². The lowest BCUT2D eigenvalue weighted by atomic mass is 10.2. The van der Waals surface area contributed by atoms with Crippen LogP contribution >= 0.6 is 11.9 Å². The second-order valence-electron chi connectivity index (χ2n) is 2.87. The Balaban J connectivity index is 2.26. The van der Waals surface area contributed by atoms with Crippen molar-refractivity contribution in [1.82, 2.24) is 9.29 Å². The second kappa shape index (κ2) is 2.91. The van der Waals surface area contributed by atoms with Crippen molar-refractivity contribution >= 4 is 11.9 Å². The molecule has 2 rings (SSSR count). The zero-order valence-corrected chi connectivity index (χ0v) is 7.45. The molecule has 3 heteroatoms. The second-order valence-corrected chi connectivity index (χ2v) is 4.11. The zero-order valence-electron chi connectivity index (χ0n) is 6.63. The standard InChI is InChI=1S/C8H12N2S/c1-10-6-2-3-7-8(11-10)4-5-9-7/h4-5,9H,2-3,6H2,1H3. The Kier molecular flexibility index (Phi) is 1.92. The third-order valence-electron chi connectivity index (χ3n) is 1.94. The number of H-pyrrole nitrogens is 1. The summed E-state index contributed by atoms with van der Waals surface area (Å²) in [4.78, 5) is 4.66. The normalized spacial score (nSPS) is 19.4. The van der Waals surface area contributed by atoms with Crippen LogP contribution in [0.25, 0.3) is 0 Å². The van der Waals surface area contributed by atoms with Crippen molar-refractivity contribution < 1.29 is 0 Å². The van der Waals surface area contributed by atoms with Crippen LogP contribution in [-0.2, 0) is 6.42 Å². The van der Waals surface area contributed by atoms with Gasteiger partial charge in [-0.1, -0.05) is 0 Å². The molecular formula is C8H12N2S. The van der Waals surface area contributed by atoms with Gasteiger partial charge in [0.2, 0.25) is 0 Å². The molecule has 11 heavy (non-hydrogen) atoms. The molecule has 0 aliphatic carbocycles. The third-order valence-corrected chi connectivity index (χ3v) is 3.02. The summed E-state index contributed by atoms with van der Waals surface area (Å²) in [5.41, 5.74) is 1.40. The average molecular weight is 168 g/mol. The minimum Gasteiger partial charge on any atom is -0.364 e. The summed E-state index contributed by atoms with van der Waals surface area (Å²) in [6.07, 6.45) is 4.48. The molecule has 0 saturated heterocycles. The lowest BCUT2D eigenvalue weighted by Gasteiger charge is -2.09. The Hall–Kier alpha value is -0.410. The zero-order chi connectivity index (χ0) is 7.68. The molecule has 0 fully saturated rings. The smallest absolute Gasteiger partial charge is 0.0437 e. The van der Waals surface area contributed by atoms with E-state index in [-0.39, 0.29) is 0 Å². The number of rotatable bonds is 0. The average Bonchev–Trinajstić information content (AvgIpc) is 2.31. The van der Waals surface area contributed by atoms with E-state index in [1.165, 1.54) is 30.0 Å². The maximum absolute atomic E-state index is 3.27. The number of nitrogens with one attached hydrogen (secondary N) is 1. The van der Waals surface area contributed by atoms with E-state index in [9.17, 15) is 0 Å². The van der Waals surface area contributed by atoms with Crippen molar-refractivity contribution in [3.05, 3.63) is 18.0 Å². The molecule has 0 amide bonds. The predicted molar refractivity (Wildman–Crippen MR) is 47.6 cm³/mol. The van der Waals surface area contributed by atoms with Crippen LogP contribution in [0.2, 0.25) is 0 Å². The highest BCUT2D eigenvalue weighted by atomic mass is 32.2. The molecule has 1 N–H and O–H groups in total. The van der Waals surface area contributed by atoms with Gasteiger partial charge in [0.05, 0.1) is 0 Å². The number of nitrogens with zero attached hydrogens (tertiary/aromatic N) is 1. The van der Waals surface area contributed by atoms with Crippen LogP contribution in [0.1, 0.15) is 12.1 Å². The highest BCUT2D eigenvalue weighted by Crippen LogP contribution is 2.28. The van der Waals surface area contributed by atoms with E-state index in [1.807, 2.05) is 18.1 Å². The van der Waals surface area contributed by atoms with Crippen LogP contribution in [0, 0.1) is 0 Å². The third kappa shape index (κ3) is 1.44. The maximum atomic E-state index is 3.27. The van der Waals surface area contributed by atoms with E-state index < -0.39 is 0 Å². The lowest BCUT2D eigenvalue weighted by molar-refractivity contribution is 0.549. The molecular weight excluding hydrogens is 156 g/mol. The summed E-state index contributed by atoms with van der Waals surface area (Å²) >= 11 is 1.84. The maximum Gasteiger partial charge on any atom is 0.0437 e. The molecule has 0 radical (unpaired) electrons. The van der Waals surface area contributed by atoms with Crippen LogP contribution in [0.5, 0.6) is 0 Å². The molecule has 1 aromatic rings. The molecule has 2 nitrogen and oxygen atoms in total. The van der Waals surface area contributed by atoms with Crippen LogP contribution in [-0.4, -0.2) is 22.9 Å². The quantitative estimate of drug-likeness (QED) is 0.597. The highest BCUT2D eigenvalue weighted by molar-refractivity contribution is 7.97. The van der Waals surface area contributed by atoms with E-state index in [2.05, 4.69) is 22.4 Å². The van der Waals surface area contributed by atoms with Crippen LogP contribution < -0.4 is 0 Å². The monoisotopic (exact) mass is 168 g/mol. The van der Waals surface area contributed by atoms with Crippen LogP contribution in [0.3, 0.4) is 0 Å². The largest absolute Gasteiger partial charge is 0.364 e. The first-order valence-corrected chi connectivity index (χ1v) is 4.69. The molecule has 0 saturated carbocycles. The van der Waals surface area contributed by atoms with Crippen LogP contribution in [0.4, 0.5) is 0 Å². The molecule has 0 unspecified atom stereocenters. The summed E-state index contributed by atoms with van der Waals surface area (Å²) in [7, 11) is 2.15. The highest BCUT2D eigenvalue weighted by Gasteiger charge is 2.11. The Morgan fingerprint density at radius 2 is 2.55 bits per heavy atom. The molecule has 0 atom stereocenters. The number of hydrogen-bond donors (Lipinski definition) is 1. The molecule has 0 aromatic carbocycles. The van der Waals surface area contributed by atoms with Crippen molar-refractivity contribution in [1.29, 1.82) is 0 Å². The van der Waals surface area contributed by atoms with Crippen molar-refractivity contribution in [2.45, 2.75) is 17.7 Å². The van der Waals surface area contributed by atoms with Crippen molar-refractivity contribution in [3.63, 3.8) is 0 Å². The van der Waals surface area contributed by atoms with Gasteiger partial charge in [-0.25, -0.2) is 4.31 Å².